The number of pyridine rings is 1. The van der Waals surface area contributed by atoms with Gasteiger partial charge in [-0.25, -0.2) is 4.98 Å². The third-order valence-corrected chi connectivity index (χ3v) is 2.41. The molecule has 0 saturated carbocycles. The van der Waals surface area contributed by atoms with E-state index in [0.717, 1.165) is 24.9 Å². The van der Waals surface area contributed by atoms with E-state index in [9.17, 15) is 4.79 Å². The minimum atomic E-state index is -0.734. The van der Waals surface area contributed by atoms with Crippen molar-refractivity contribution in [3.63, 3.8) is 0 Å². The Morgan fingerprint density at radius 3 is 2.88 bits per heavy atom. The number of carbonyl (C=O) groups is 1. The number of hydrogen-bond donors (Lipinski definition) is 3. The molecule has 0 aromatic carbocycles. The number of rotatable bonds is 7. The van der Waals surface area contributed by atoms with Crippen molar-refractivity contribution in [3.05, 3.63) is 17.8 Å². The zero-order valence-electron chi connectivity index (χ0n) is 10.1. The monoisotopic (exact) mass is 237 g/mol. The fraction of sp³-hybridized carbons (Fsp3) is 0.500. The van der Waals surface area contributed by atoms with E-state index >= 15 is 0 Å². The summed E-state index contributed by atoms with van der Waals surface area (Å²) in [5.41, 5.74) is 7.48. The average Bonchev–Trinajstić information content (AvgIpc) is 2.25. The Morgan fingerprint density at radius 1 is 1.47 bits per heavy atom. The molecule has 17 heavy (non-hydrogen) atoms. The summed E-state index contributed by atoms with van der Waals surface area (Å²) >= 11 is 0. The van der Waals surface area contributed by atoms with Gasteiger partial charge in [0.05, 0.1) is 5.69 Å². The number of carboxylic acids is 1. The van der Waals surface area contributed by atoms with E-state index in [1.807, 2.05) is 13.0 Å². The molecule has 0 atom stereocenters. The Morgan fingerprint density at radius 2 is 2.24 bits per heavy atom. The highest BCUT2D eigenvalue weighted by Crippen LogP contribution is 2.15. The molecule has 0 bridgehead atoms. The van der Waals surface area contributed by atoms with Gasteiger partial charge in [0.15, 0.2) is 0 Å². The van der Waals surface area contributed by atoms with Gasteiger partial charge in [0, 0.05) is 19.2 Å². The molecule has 94 valence electrons. The molecule has 4 N–H and O–H groups in total. The van der Waals surface area contributed by atoms with Crippen LogP contribution in [0, 0.1) is 6.92 Å². The Kier molecular flexibility index (Phi) is 5.26. The quantitative estimate of drug-likeness (QED) is 0.631. The Hall–Kier alpha value is -1.78. The molecule has 5 nitrogen and oxygen atoms in total. The number of nitrogen functional groups attached to an aromatic ring is 1. The van der Waals surface area contributed by atoms with Crippen molar-refractivity contribution in [1.82, 2.24) is 4.98 Å². The summed E-state index contributed by atoms with van der Waals surface area (Å²) in [6.45, 7) is 2.71. The van der Waals surface area contributed by atoms with Crippen LogP contribution in [0.2, 0.25) is 0 Å². The fourth-order valence-electron chi connectivity index (χ4n) is 1.52. The average molecular weight is 237 g/mol. The van der Waals surface area contributed by atoms with Crippen molar-refractivity contribution < 1.29 is 9.90 Å². The van der Waals surface area contributed by atoms with Crippen molar-refractivity contribution in [3.8, 4) is 0 Å². The first-order valence-electron chi connectivity index (χ1n) is 5.77. The van der Waals surface area contributed by atoms with Gasteiger partial charge in [-0.2, -0.15) is 0 Å². The van der Waals surface area contributed by atoms with Crippen molar-refractivity contribution in [1.29, 1.82) is 0 Å². The maximum Gasteiger partial charge on any atom is 0.303 e. The topological polar surface area (TPSA) is 88.2 Å². The summed E-state index contributed by atoms with van der Waals surface area (Å²) in [4.78, 5) is 14.5. The maximum atomic E-state index is 10.3. The molecule has 0 amide bonds. The predicted molar refractivity (Wildman–Crippen MR) is 68.0 cm³/mol. The van der Waals surface area contributed by atoms with Crippen LogP contribution >= 0.6 is 0 Å². The molecule has 0 fully saturated rings. The van der Waals surface area contributed by atoms with Crippen LogP contribution in [-0.2, 0) is 4.79 Å². The summed E-state index contributed by atoms with van der Waals surface area (Å²) in [6.07, 6.45) is 4.54. The highest BCUT2D eigenvalue weighted by atomic mass is 16.4. The molecule has 5 heteroatoms. The first kappa shape index (κ1) is 13.3. The number of unbranched alkanes of at least 4 members (excludes halogenated alkanes) is 2. The third-order valence-electron chi connectivity index (χ3n) is 2.41. The van der Waals surface area contributed by atoms with Gasteiger partial charge in [-0.3, -0.25) is 4.79 Å². The molecule has 0 spiro atoms. The molecular formula is C12H19N3O2. The number of nitrogens with one attached hydrogen (secondary N) is 1. The minimum Gasteiger partial charge on any atom is -0.481 e. The molecule has 1 aromatic rings. The SMILES string of the molecule is Cc1cnc(NCCCCCC(=O)O)c(N)c1. The van der Waals surface area contributed by atoms with Crippen LogP contribution in [0.4, 0.5) is 11.5 Å². The van der Waals surface area contributed by atoms with Crippen LogP contribution in [0.3, 0.4) is 0 Å². The summed E-state index contributed by atoms with van der Waals surface area (Å²) in [5, 5.41) is 11.6. The minimum absolute atomic E-state index is 0.241. The van der Waals surface area contributed by atoms with Crippen LogP contribution < -0.4 is 11.1 Å². The number of aliphatic carboxylic acids is 1. The predicted octanol–water partition coefficient (Wildman–Crippen LogP) is 2.03. The van der Waals surface area contributed by atoms with Crippen molar-refractivity contribution >= 4 is 17.5 Å². The third kappa shape index (κ3) is 5.19. The highest BCUT2D eigenvalue weighted by Gasteiger charge is 2.00. The van der Waals surface area contributed by atoms with Gasteiger partial charge in [0.2, 0.25) is 0 Å². The molecule has 1 aromatic heterocycles. The second kappa shape index (κ2) is 6.73. The Bertz CT molecular complexity index is 380. The summed E-state index contributed by atoms with van der Waals surface area (Å²) in [6, 6.07) is 1.87. The number of nitrogens with two attached hydrogens (primary N) is 1. The van der Waals surface area contributed by atoms with E-state index in [0.29, 0.717) is 17.9 Å². The van der Waals surface area contributed by atoms with E-state index in [4.69, 9.17) is 10.8 Å². The molecule has 0 aliphatic rings. The molecule has 0 aliphatic heterocycles. The molecule has 0 saturated heterocycles. The Balaban J connectivity index is 2.20. The molecule has 0 unspecified atom stereocenters. The molecule has 0 aliphatic carbocycles. The van der Waals surface area contributed by atoms with Gasteiger partial charge in [-0.15, -0.1) is 0 Å². The van der Waals surface area contributed by atoms with E-state index in [-0.39, 0.29) is 6.42 Å². The van der Waals surface area contributed by atoms with Gasteiger partial charge in [0.25, 0.3) is 0 Å². The lowest BCUT2D eigenvalue weighted by Gasteiger charge is -2.08. The number of aromatic nitrogens is 1. The lowest BCUT2D eigenvalue weighted by molar-refractivity contribution is -0.137. The lowest BCUT2D eigenvalue weighted by Crippen LogP contribution is -2.06. The number of anilines is 2. The molecular weight excluding hydrogens is 218 g/mol. The van der Waals surface area contributed by atoms with Crippen molar-refractivity contribution in [2.75, 3.05) is 17.6 Å². The van der Waals surface area contributed by atoms with E-state index in [1.165, 1.54) is 0 Å². The van der Waals surface area contributed by atoms with Crippen LogP contribution in [-0.4, -0.2) is 22.6 Å². The van der Waals surface area contributed by atoms with Gasteiger partial charge in [0.1, 0.15) is 5.82 Å². The second-order valence-corrected chi connectivity index (χ2v) is 4.08. The molecule has 1 heterocycles. The van der Waals surface area contributed by atoms with Crippen LogP contribution in [0.1, 0.15) is 31.2 Å². The van der Waals surface area contributed by atoms with Gasteiger partial charge in [-0.1, -0.05) is 6.42 Å². The van der Waals surface area contributed by atoms with Gasteiger partial charge < -0.3 is 16.2 Å². The van der Waals surface area contributed by atoms with E-state index < -0.39 is 5.97 Å². The van der Waals surface area contributed by atoms with E-state index in [1.54, 1.807) is 6.20 Å². The van der Waals surface area contributed by atoms with Crippen LogP contribution in [0.5, 0.6) is 0 Å². The standard InChI is InChI=1S/C12H19N3O2/c1-9-7-10(13)12(15-8-9)14-6-4-2-3-5-11(16)17/h7-8H,2-6,13H2,1H3,(H,14,15)(H,16,17). The summed E-state index contributed by atoms with van der Waals surface area (Å²) in [7, 11) is 0. The zero-order valence-corrected chi connectivity index (χ0v) is 10.1. The number of carboxylic acid groups (broad SMARTS) is 1. The normalized spacial score (nSPS) is 10.2. The number of hydrogen-bond acceptors (Lipinski definition) is 4. The highest BCUT2D eigenvalue weighted by molar-refractivity contribution is 5.66. The van der Waals surface area contributed by atoms with Gasteiger partial charge in [-0.05, 0) is 31.4 Å². The first-order valence-corrected chi connectivity index (χ1v) is 5.77. The smallest absolute Gasteiger partial charge is 0.303 e. The second-order valence-electron chi connectivity index (χ2n) is 4.08. The zero-order chi connectivity index (χ0) is 12.7. The summed E-state index contributed by atoms with van der Waals surface area (Å²) in [5.74, 6) is -0.0313. The maximum absolute atomic E-state index is 10.3. The first-order chi connectivity index (χ1) is 8.09. The lowest BCUT2D eigenvalue weighted by atomic mass is 10.2. The van der Waals surface area contributed by atoms with Crippen molar-refractivity contribution in [2.45, 2.75) is 32.6 Å². The number of aryl methyl sites for hydroxylation is 1. The van der Waals surface area contributed by atoms with E-state index in [2.05, 4.69) is 10.3 Å². The Labute approximate surface area is 101 Å². The molecule has 1 rings (SSSR count). The fourth-order valence-corrected chi connectivity index (χ4v) is 1.52. The molecule has 0 radical (unpaired) electrons. The number of nitrogens with zero attached hydrogens (tertiary/aromatic N) is 1. The van der Waals surface area contributed by atoms with Crippen LogP contribution in [0.15, 0.2) is 12.3 Å². The largest absolute Gasteiger partial charge is 0.481 e. The van der Waals surface area contributed by atoms with Crippen molar-refractivity contribution in [2.24, 2.45) is 0 Å². The van der Waals surface area contributed by atoms with Gasteiger partial charge >= 0.3 is 5.97 Å². The van der Waals surface area contributed by atoms with Crippen LogP contribution in [0.25, 0.3) is 0 Å². The summed E-state index contributed by atoms with van der Waals surface area (Å²) < 4.78 is 0.